The van der Waals surface area contributed by atoms with Gasteiger partial charge in [-0.15, -0.1) is 0 Å². The van der Waals surface area contributed by atoms with Crippen molar-refractivity contribution >= 4 is 29.1 Å². The number of benzene rings is 2. The average molecular weight is 317 g/mol. The lowest BCUT2D eigenvalue weighted by Gasteiger charge is -2.15. The Bertz CT molecular complexity index is 686. The van der Waals surface area contributed by atoms with Crippen molar-refractivity contribution in [1.29, 1.82) is 0 Å². The zero-order chi connectivity index (χ0) is 16.1. The van der Waals surface area contributed by atoms with Crippen molar-refractivity contribution in [3.8, 4) is 0 Å². The van der Waals surface area contributed by atoms with Gasteiger partial charge in [0.2, 0.25) is 5.91 Å². The Hall–Kier alpha value is -2.33. The summed E-state index contributed by atoms with van der Waals surface area (Å²) in [6.07, 6.45) is 0. The number of nitrogens with one attached hydrogen (secondary N) is 2. The van der Waals surface area contributed by atoms with Gasteiger partial charge < -0.3 is 10.6 Å². The highest BCUT2D eigenvalue weighted by Gasteiger charge is 2.17. The van der Waals surface area contributed by atoms with Crippen molar-refractivity contribution in [2.75, 3.05) is 5.32 Å². The van der Waals surface area contributed by atoms with E-state index >= 15 is 0 Å². The molecule has 0 bridgehead atoms. The van der Waals surface area contributed by atoms with Crippen molar-refractivity contribution in [2.45, 2.75) is 19.9 Å². The van der Waals surface area contributed by atoms with Crippen molar-refractivity contribution in [2.24, 2.45) is 0 Å². The molecular weight excluding hydrogens is 300 g/mol. The van der Waals surface area contributed by atoms with Crippen LogP contribution in [0.3, 0.4) is 0 Å². The summed E-state index contributed by atoms with van der Waals surface area (Å²) in [6, 6.07) is 13.4. The molecule has 4 nitrogen and oxygen atoms in total. The molecule has 2 aromatic carbocycles. The SMILES string of the molecule is Cc1ccc(Cl)cc1NC(=O)C(C)NC(=O)c1ccccc1. The predicted molar refractivity (Wildman–Crippen MR) is 88.2 cm³/mol. The third kappa shape index (κ3) is 4.09. The van der Waals surface area contributed by atoms with Gasteiger partial charge in [0.05, 0.1) is 0 Å². The third-order valence-corrected chi connectivity index (χ3v) is 3.47. The average Bonchev–Trinajstić information content (AvgIpc) is 2.51. The molecule has 0 saturated heterocycles. The maximum Gasteiger partial charge on any atom is 0.251 e. The second-order valence-electron chi connectivity index (χ2n) is 5.01. The molecule has 1 unspecified atom stereocenters. The molecule has 114 valence electrons. The van der Waals surface area contributed by atoms with Crippen molar-refractivity contribution in [3.05, 3.63) is 64.7 Å². The Morgan fingerprint density at radius 2 is 1.77 bits per heavy atom. The van der Waals surface area contributed by atoms with E-state index < -0.39 is 6.04 Å². The van der Waals surface area contributed by atoms with Gasteiger partial charge in [-0.3, -0.25) is 9.59 Å². The van der Waals surface area contributed by atoms with Crippen molar-refractivity contribution in [3.63, 3.8) is 0 Å². The summed E-state index contributed by atoms with van der Waals surface area (Å²) in [7, 11) is 0. The first-order valence-corrected chi connectivity index (χ1v) is 7.28. The fourth-order valence-electron chi connectivity index (χ4n) is 1.90. The first-order valence-electron chi connectivity index (χ1n) is 6.90. The maximum absolute atomic E-state index is 12.2. The zero-order valence-electron chi connectivity index (χ0n) is 12.4. The fourth-order valence-corrected chi connectivity index (χ4v) is 2.08. The summed E-state index contributed by atoms with van der Waals surface area (Å²) in [5.74, 6) is -0.583. The number of rotatable bonds is 4. The monoisotopic (exact) mass is 316 g/mol. The lowest BCUT2D eigenvalue weighted by atomic mass is 10.1. The Labute approximate surface area is 134 Å². The molecule has 0 spiro atoms. The van der Waals surface area contributed by atoms with Crippen LogP contribution < -0.4 is 10.6 Å². The summed E-state index contributed by atoms with van der Waals surface area (Å²) >= 11 is 5.92. The van der Waals surface area contributed by atoms with E-state index in [2.05, 4.69) is 10.6 Å². The summed E-state index contributed by atoms with van der Waals surface area (Å²) in [6.45, 7) is 3.51. The number of anilines is 1. The molecule has 0 heterocycles. The smallest absolute Gasteiger partial charge is 0.251 e. The van der Waals surface area contributed by atoms with Gasteiger partial charge in [0.15, 0.2) is 0 Å². The van der Waals surface area contributed by atoms with Crippen molar-refractivity contribution in [1.82, 2.24) is 5.32 Å². The first kappa shape index (κ1) is 16.0. The molecule has 2 aromatic rings. The minimum absolute atomic E-state index is 0.286. The molecule has 0 saturated carbocycles. The molecule has 0 aliphatic rings. The summed E-state index contributed by atoms with van der Waals surface area (Å²) < 4.78 is 0. The standard InChI is InChI=1S/C17H17ClN2O2/c1-11-8-9-14(18)10-15(11)20-16(21)12(2)19-17(22)13-6-4-3-5-7-13/h3-10,12H,1-2H3,(H,19,22)(H,20,21). The normalized spacial score (nSPS) is 11.6. The van der Waals surface area contributed by atoms with Crippen LogP contribution in [0.2, 0.25) is 5.02 Å². The molecule has 2 rings (SSSR count). The molecule has 0 aliphatic carbocycles. The minimum Gasteiger partial charge on any atom is -0.341 e. The molecule has 5 heteroatoms. The van der Waals surface area contributed by atoms with Gasteiger partial charge >= 0.3 is 0 Å². The van der Waals surface area contributed by atoms with Crippen LogP contribution in [0.25, 0.3) is 0 Å². The lowest BCUT2D eigenvalue weighted by Crippen LogP contribution is -2.41. The van der Waals surface area contributed by atoms with Gasteiger partial charge in [0, 0.05) is 16.3 Å². The second kappa shape index (κ2) is 7.09. The van der Waals surface area contributed by atoms with E-state index in [0.29, 0.717) is 16.3 Å². The van der Waals surface area contributed by atoms with Crippen LogP contribution in [-0.2, 0) is 4.79 Å². The summed E-state index contributed by atoms with van der Waals surface area (Å²) in [5, 5.41) is 5.98. The van der Waals surface area contributed by atoms with Crippen LogP contribution in [0.1, 0.15) is 22.8 Å². The first-order chi connectivity index (χ1) is 10.5. The van der Waals surface area contributed by atoms with E-state index in [4.69, 9.17) is 11.6 Å². The minimum atomic E-state index is -0.661. The van der Waals surface area contributed by atoms with Gasteiger partial charge in [-0.2, -0.15) is 0 Å². The van der Waals surface area contributed by atoms with Crippen LogP contribution in [0.5, 0.6) is 0 Å². The molecule has 0 aromatic heterocycles. The number of carbonyl (C=O) groups is 2. The van der Waals surface area contributed by atoms with E-state index in [1.54, 1.807) is 43.3 Å². The lowest BCUT2D eigenvalue weighted by molar-refractivity contribution is -0.117. The molecule has 0 fully saturated rings. The van der Waals surface area contributed by atoms with Gasteiger partial charge in [-0.05, 0) is 43.7 Å². The van der Waals surface area contributed by atoms with Gasteiger partial charge in [-0.25, -0.2) is 0 Å². The quantitative estimate of drug-likeness (QED) is 0.908. The molecule has 2 N–H and O–H groups in total. The van der Waals surface area contributed by atoms with E-state index in [1.165, 1.54) is 0 Å². The van der Waals surface area contributed by atoms with Crippen LogP contribution in [0.4, 0.5) is 5.69 Å². The number of aryl methyl sites for hydroxylation is 1. The van der Waals surface area contributed by atoms with E-state index in [-0.39, 0.29) is 11.8 Å². The number of carbonyl (C=O) groups excluding carboxylic acids is 2. The topological polar surface area (TPSA) is 58.2 Å². The van der Waals surface area contributed by atoms with E-state index in [0.717, 1.165) is 5.56 Å². The molecular formula is C17H17ClN2O2. The van der Waals surface area contributed by atoms with Crippen LogP contribution in [0, 0.1) is 6.92 Å². The number of amides is 2. The Morgan fingerprint density at radius 3 is 2.45 bits per heavy atom. The molecule has 22 heavy (non-hydrogen) atoms. The highest BCUT2D eigenvalue weighted by atomic mass is 35.5. The molecule has 1 atom stereocenters. The summed E-state index contributed by atoms with van der Waals surface area (Å²) in [4.78, 5) is 24.2. The van der Waals surface area contributed by atoms with E-state index in [1.807, 2.05) is 19.1 Å². The second-order valence-corrected chi connectivity index (χ2v) is 5.45. The summed E-state index contributed by atoms with van der Waals surface area (Å²) in [5.41, 5.74) is 2.05. The van der Waals surface area contributed by atoms with Crippen LogP contribution >= 0.6 is 11.6 Å². The van der Waals surface area contributed by atoms with E-state index in [9.17, 15) is 9.59 Å². The third-order valence-electron chi connectivity index (χ3n) is 3.23. The van der Waals surface area contributed by atoms with Crippen molar-refractivity contribution < 1.29 is 9.59 Å². The maximum atomic E-state index is 12.2. The Morgan fingerprint density at radius 1 is 1.09 bits per heavy atom. The van der Waals surface area contributed by atoms with Gasteiger partial charge in [-0.1, -0.05) is 35.9 Å². The Balaban J connectivity index is 2.00. The zero-order valence-corrected chi connectivity index (χ0v) is 13.1. The van der Waals surface area contributed by atoms with Gasteiger partial charge in [0.1, 0.15) is 6.04 Å². The van der Waals surface area contributed by atoms with Gasteiger partial charge in [0.25, 0.3) is 5.91 Å². The number of halogens is 1. The Kier molecular flexibility index (Phi) is 5.17. The van der Waals surface area contributed by atoms with Crippen LogP contribution in [0.15, 0.2) is 48.5 Å². The largest absolute Gasteiger partial charge is 0.341 e. The highest BCUT2D eigenvalue weighted by Crippen LogP contribution is 2.20. The number of hydrogen-bond donors (Lipinski definition) is 2. The highest BCUT2D eigenvalue weighted by molar-refractivity contribution is 6.31. The molecule has 0 aliphatic heterocycles. The predicted octanol–water partition coefficient (Wildman–Crippen LogP) is 3.41. The molecule has 2 amide bonds. The fraction of sp³-hybridized carbons (Fsp3) is 0.176. The number of hydrogen-bond acceptors (Lipinski definition) is 2. The van der Waals surface area contributed by atoms with Crippen LogP contribution in [-0.4, -0.2) is 17.9 Å². The molecule has 0 radical (unpaired) electrons.